The molecule has 0 aliphatic heterocycles. The molecule has 0 aromatic rings. The highest BCUT2D eigenvalue weighted by molar-refractivity contribution is 7.99. The zero-order valence-electron chi connectivity index (χ0n) is 7.55. The minimum absolute atomic E-state index is 0.481. The SMILES string of the molecule is CCC(C)SCC(N)C1CC1. The second-order valence-corrected chi connectivity index (χ2v) is 5.02. The van der Waals surface area contributed by atoms with Crippen molar-refractivity contribution in [2.24, 2.45) is 11.7 Å². The van der Waals surface area contributed by atoms with Crippen LogP contribution >= 0.6 is 11.8 Å². The van der Waals surface area contributed by atoms with E-state index in [1.54, 1.807) is 0 Å². The molecule has 11 heavy (non-hydrogen) atoms. The first kappa shape index (κ1) is 9.40. The van der Waals surface area contributed by atoms with Gasteiger partial charge in [-0.05, 0) is 25.2 Å². The molecule has 0 bridgehead atoms. The summed E-state index contributed by atoms with van der Waals surface area (Å²) in [6.07, 6.45) is 4.02. The van der Waals surface area contributed by atoms with Gasteiger partial charge in [0.2, 0.25) is 0 Å². The van der Waals surface area contributed by atoms with Crippen LogP contribution in [-0.4, -0.2) is 17.0 Å². The standard InChI is InChI=1S/C9H19NS/c1-3-7(2)11-6-9(10)8-4-5-8/h7-9H,3-6,10H2,1-2H3. The monoisotopic (exact) mass is 173 g/mol. The zero-order valence-corrected chi connectivity index (χ0v) is 8.36. The first-order chi connectivity index (χ1) is 5.24. The number of nitrogens with two attached hydrogens (primary N) is 1. The minimum atomic E-state index is 0.481. The third-order valence-electron chi connectivity index (χ3n) is 2.38. The Morgan fingerprint density at radius 2 is 2.18 bits per heavy atom. The molecule has 0 aromatic carbocycles. The first-order valence-electron chi connectivity index (χ1n) is 4.61. The Kier molecular flexibility index (Phi) is 3.73. The lowest BCUT2D eigenvalue weighted by molar-refractivity contribution is 0.657. The van der Waals surface area contributed by atoms with Gasteiger partial charge in [-0.3, -0.25) is 0 Å². The van der Waals surface area contributed by atoms with Gasteiger partial charge in [-0.15, -0.1) is 0 Å². The van der Waals surface area contributed by atoms with Crippen LogP contribution in [0.25, 0.3) is 0 Å². The Morgan fingerprint density at radius 3 is 2.64 bits per heavy atom. The van der Waals surface area contributed by atoms with Gasteiger partial charge in [0.05, 0.1) is 0 Å². The predicted octanol–water partition coefficient (Wildman–Crippen LogP) is 2.26. The summed E-state index contributed by atoms with van der Waals surface area (Å²) in [5.74, 6) is 2.03. The molecule has 0 heterocycles. The van der Waals surface area contributed by atoms with Crippen molar-refractivity contribution in [2.45, 2.75) is 44.4 Å². The topological polar surface area (TPSA) is 26.0 Å². The van der Waals surface area contributed by atoms with Crippen LogP contribution in [0.3, 0.4) is 0 Å². The zero-order chi connectivity index (χ0) is 8.27. The molecule has 1 saturated carbocycles. The average molecular weight is 173 g/mol. The van der Waals surface area contributed by atoms with Crippen molar-refractivity contribution in [3.05, 3.63) is 0 Å². The van der Waals surface area contributed by atoms with E-state index >= 15 is 0 Å². The minimum Gasteiger partial charge on any atom is -0.327 e. The van der Waals surface area contributed by atoms with Gasteiger partial charge in [0.25, 0.3) is 0 Å². The molecule has 1 aliphatic rings. The van der Waals surface area contributed by atoms with Crippen LogP contribution in [0.2, 0.25) is 0 Å². The second-order valence-electron chi connectivity index (χ2n) is 3.55. The van der Waals surface area contributed by atoms with Crippen LogP contribution in [-0.2, 0) is 0 Å². The largest absolute Gasteiger partial charge is 0.327 e. The van der Waals surface area contributed by atoms with Crippen molar-refractivity contribution in [1.82, 2.24) is 0 Å². The normalized spacial score (nSPS) is 23.2. The number of thioether (sulfide) groups is 1. The molecular formula is C9H19NS. The van der Waals surface area contributed by atoms with Gasteiger partial charge >= 0.3 is 0 Å². The van der Waals surface area contributed by atoms with E-state index in [2.05, 4.69) is 13.8 Å². The Balaban J connectivity index is 2.00. The molecule has 2 atom stereocenters. The summed E-state index contributed by atoms with van der Waals surface area (Å²) in [6, 6.07) is 0.481. The summed E-state index contributed by atoms with van der Waals surface area (Å²) in [7, 11) is 0. The van der Waals surface area contributed by atoms with Crippen molar-refractivity contribution in [2.75, 3.05) is 5.75 Å². The lowest BCUT2D eigenvalue weighted by Gasteiger charge is -2.12. The van der Waals surface area contributed by atoms with Gasteiger partial charge in [-0.25, -0.2) is 0 Å². The molecule has 0 saturated heterocycles. The highest BCUT2D eigenvalue weighted by atomic mass is 32.2. The van der Waals surface area contributed by atoms with Gasteiger partial charge < -0.3 is 5.73 Å². The van der Waals surface area contributed by atoms with Gasteiger partial charge in [0.15, 0.2) is 0 Å². The Morgan fingerprint density at radius 1 is 1.55 bits per heavy atom. The summed E-state index contributed by atoms with van der Waals surface area (Å²) in [5.41, 5.74) is 5.96. The molecular weight excluding hydrogens is 154 g/mol. The van der Waals surface area contributed by atoms with Crippen LogP contribution in [0.5, 0.6) is 0 Å². The van der Waals surface area contributed by atoms with E-state index < -0.39 is 0 Å². The van der Waals surface area contributed by atoms with E-state index in [-0.39, 0.29) is 0 Å². The molecule has 0 spiro atoms. The Hall–Kier alpha value is 0.310. The van der Waals surface area contributed by atoms with Gasteiger partial charge in [0.1, 0.15) is 0 Å². The van der Waals surface area contributed by atoms with Crippen molar-refractivity contribution in [1.29, 1.82) is 0 Å². The fourth-order valence-electron chi connectivity index (χ4n) is 1.05. The lowest BCUT2D eigenvalue weighted by atomic mass is 10.2. The molecule has 2 N–H and O–H groups in total. The number of hydrogen-bond acceptors (Lipinski definition) is 2. The summed E-state index contributed by atoms with van der Waals surface area (Å²) in [4.78, 5) is 0. The molecule has 0 aromatic heterocycles. The van der Waals surface area contributed by atoms with Crippen molar-refractivity contribution < 1.29 is 0 Å². The number of hydrogen-bond donors (Lipinski definition) is 1. The van der Waals surface area contributed by atoms with E-state index in [1.807, 2.05) is 11.8 Å². The molecule has 1 fully saturated rings. The molecule has 66 valence electrons. The Bertz CT molecular complexity index is 112. The smallest absolute Gasteiger partial charge is 0.0159 e. The van der Waals surface area contributed by atoms with Crippen molar-refractivity contribution in [3.63, 3.8) is 0 Å². The molecule has 2 unspecified atom stereocenters. The quantitative estimate of drug-likeness (QED) is 0.690. The third kappa shape index (κ3) is 3.48. The maximum atomic E-state index is 5.96. The maximum absolute atomic E-state index is 5.96. The number of rotatable bonds is 5. The lowest BCUT2D eigenvalue weighted by Crippen LogP contribution is -2.25. The van der Waals surface area contributed by atoms with E-state index in [1.165, 1.54) is 25.0 Å². The van der Waals surface area contributed by atoms with E-state index in [4.69, 9.17) is 5.73 Å². The van der Waals surface area contributed by atoms with Crippen molar-refractivity contribution in [3.8, 4) is 0 Å². The molecule has 1 aliphatic carbocycles. The van der Waals surface area contributed by atoms with Crippen molar-refractivity contribution >= 4 is 11.8 Å². The molecule has 0 radical (unpaired) electrons. The van der Waals surface area contributed by atoms with Gasteiger partial charge in [-0.1, -0.05) is 13.8 Å². The summed E-state index contributed by atoms with van der Waals surface area (Å²) >= 11 is 2.03. The molecule has 1 rings (SSSR count). The van der Waals surface area contributed by atoms with Crippen LogP contribution in [0, 0.1) is 5.92 Å². The fourth-order valence-corrected chi connectivity index (χ4v) is 2.11. The summed E-state index contributed by atoms with van der Waals surface area (Å²) in [6.45, 7) is 4.52. The second kappa shape index (κ2) is 4.36. The average Bonchev–Trinajstić information content (AvgIpc) is 2.81. The van der Waals surface area contributed by atoms with E-state index in [0.717, 1.165) is 11.2 Å². The Labute approximate surface area is 74.1 Å². The highest BCUT2D eigenvalue weighted by Crippen LogP contribution is 2.33. The maximum Gasteiger partial charge on any atom is 0.0159 e. The fraction of sp³-hybridized carbons (Fsp3) is 1.00. The van der Waals surface area contributed by atoms with Crippen LogP contribution < -0.4 is 5.73 Å². The van der Waals surface area contributed by atoms with Crippen LogP contribution in [0.15, 0.2) is 0 Å². The van der Waals surface area contributed by atoms with Crippen LogP contribution in [0.1, 0.15) is 33.1 Å². The molecule has 0 amide bonds. The first-order valence-corrected chi connectivity index (χ1v) is 5.66. The third-order valence-corrected chi connectivity index (χ3v) is 3.86. The summed E-state index contributed by atoms with van der Waals surface area (Å²) in [5, 5.41) is 0.791. The van der Waals surface area contributed by atoms with Gasteiger partial charge in [-0.2, -0.15) is 11.8 Å². The highest BCUT2D eigenvalue weighted by Gasteiger charge is 2.28. The molecule has 2 heteroatoms. The summed E-state index contributed by atoms with van der Waals surface area (Å²) < 4.78 is 0. The molecule has 1 nitrogen and oxygen atoms in total. The van der Waals surface area contributed by atoms with E-state index in [9.17, 15) is 0 Å². The predicted molar refractivity (Wildman–Crippen MR) is 52.9 cm³/mol. The van der Waals surface area contributed by atoms with E-state index in [0.29, 0.717) is 6.04 Å². The van der Waals surface area contributed by atoms with Gasteiger partial charge in [0, 0.05) is 17.0 Å². The van der Waals surface area contributed by atoms with Crippen LogP contribution in [0.4, 0.5) is 0 Å².